The van der Waals surface area contributed by atoms with Gasteiger partial charge in [-0.3, -0.25) is 9.59 Å². The number of carbonyl (C=O) groups is 2. The molecule has 12 heteroatoms. The minimum absolute atomic E-state index is 0.319. The van der Waals surface area contributed by atoms with Gasteiger partial charge in [-0.1, -0.05) is 0 Å². The summed E-state index contributed by atoms with van der Waals surface area (Å²) in [7, 11) is -2.74. The minimum Gasteiger partial charge on any atom is -0.406 e. The molecule has 2 amide bonds. The van der Waals surface area contributed by atoms with Crippen molar-refractivity contribution >= 4 is 21.8 Å². The fourth-order valence-electron chi connectivity index (χ4n) is 1.39. The van der Waals surface area contributed by atoms with Crippen LogP contribution in [0.3, 0.4) is 0 Å². The third-order valence-electron chi connectivity index (χ3n) is 2.52. The number of ether oxygens (including phenoxy) is 1. The molecule has 8 nitrogen and oxygen atoms in total. The molecule has 0 fully saturated rings. The van der Waals surface area contributed by atoms with Gasteiger partial charge in [-0.2, -0.15) is 0 Å². The molecule has 3 N–H and O–H groups in total. The Hall–Kier alpha value is -2.34. The van der Waals surface area contributed by atoms with Crippen LogP contribution in [0.25, 0.3) is 0 Å². The summed E-state index contributed by atoms with van der Waals surface area (Å²) in [5.74, 6) is -1.80. The first-order valence-corrected chi connectivity index (χ1v) is 7.84. The van der Waals surface area contributed by atoms with Crippen LogP contribution >= 0.6 is 0 Å². The molecule has 0 aliphatic rings. The lowest BCUT2D eigenvalue weighted by Gasteiger charge is -2.10. The van der Waals surface area contributed by atoms with Gasteiger partial charge in [0.25, 0.3) is 0 Å². The predicted octanol–water partition coefficient (Wildman–Crippen LogP) is -0.274. The normalized spacial score (nSPS) is 11.7. The van der Waals surface area contributed by atoms with Crippen LogP contribution in [0.5, 0.6) is 5.75 Å². The maximum Gasteiger partial charge on any atom is 0.573 e. The smallest absolute Gasteiger partial charge is 0.406 e. The molecule has 0 spiro atoms. The van der Waals surface area contributed by atoms with Crippen molar-refractivity contribution in [3.8, 4) is 5.75 Å². The van der Waals surface area contributed by atoms with E-state index >= 15 is 0 Å². The molecule has 0 radical (unpaired) electrons. The van der Waals surface area contributed by atoms with Crippen molar-refractivity contribution in [3.05, 3.63) is 24.3 Å². The fourth-order valence-corrected chi connectivity index (χ4v) is 2.38. The molecule has 134 valence electrons. The van der Waals surface area contributed by atoms with Gasteiger partial charge in [-0.15, -0.1) is 13.2 Å². The summed E-state index contributed by atoms with van der Waals surface area (Å²) in [6, 6.07) is 3.44. The van der Waals surface area contributed by atoms with Crippen LogP contribution in [0, 0.1) is 0 Å². The largest absolute Gasteiger partial charge is 0.573 e. The number of alkyl halides is 3. The number of sulfonamides is 1. The standard InChI is InChI=1S/C12H14F3N3O5S/c1-16-10(19)6-17-11(20)7-18-24(21,22)9-4-2-8(3-5-9)23-12(13,14)15/h2-5,18H,6-7H2,1H3,(H,16,19)(H,17,20). The van der Waals surface area contributed by atoms with E-state index in [1.165, 1.54) is 7.05 Å². The number of benzene rings is 1. The van der Waals surface area contributed by atoms with Crippen molar-refractivity contribution in [2.24, 2.45) is 0 Å². The van der Waals surface area contributed by atoms with Gasteiger partial charge in [-0.05, 0) is 24.3 Å². The number of carbonyl (C=O) groups excluding carboxylic acids is 2. The van der Waals surface area contributed by atoms with Gasteiger partial charge in [0.2, 0.25) is 21.8 Å². The van der Waals surface area contributed by atoms with E-state index < -0.39 is 40.5 Å². The molecule has 0 heterocycles. The highest BCUT2D eigenvalue weighted by Crippen LogP contribution is 2.23. The topological polar surface area (TPSA) is 114 Å². The Balaban J connectivity index is 2.62. The van der Waals surface area contributed by atoms with E-state index in [1.54, 1.807) is 0 Å². The maximum absolute atomic E-state index is 12.0. The number of hydrogen-bond acceptors (Lipinski definition) is 5. The zero-order chi connectivity index (χ0) is 18.4. The second-order valence-corrected chi connectivity index (χ2v) is 6.06. The van der Waals surface area contributed by atoms with Crippen LogP contribution in [0.2, 0.25) is 0 Å². The minimum atomic E-state index is -4.89. The average molecular weight is 369 g/mol. The summed E-state index contributed by atoms with van der Waals surface area (Å²) in [6.45, 7) is -0.958. The quantitative estimate of drug-likeness (QED) is 0.612. The van der Waals surface area contributed by atoms with E-state index in [0.717, 1.165) is 24.3 Å². The van der Waals surface area contributed by atoms with Gasteiger partial charge >= 0.3 is 6.36 Å². The molecule has 0 atom stereocenters. The van der Waals surface area contributed by atoms with Gasteiger partial charge in [0.15, 0.2) is 0 Å². The molecule has 0 aromatic heterocycles. The van der Waals surface area contributed by atoms with E-state index in [1.807, 2.05) is 4.72 Å². The maximum atomic E-state index is 12.0. The molecular formula is C12H14F3N3O5S. The summed E-state index contributed by atoms with van der Waals surface area (Å²) < 4.78 is 65.4. The molecule has 0 saturated carbocycles. The van der Waals surface area contributed by atoms with Crippen LogP contribution in [-0.4, -0.2) is 46.7 Å². The van der Waals surface area contributed by atoms with E-state index in [-0.39, 0.29) is 11.4 Å². The Morgan fingerprint density at radius 1 is 1.08 bits per heavy atom. The molecule has 0 saturated heterocycles. The highest BCUT2D eigenvalue weighted by molar-refractivity contribution is 7.89. The van der Waals surface area contributed by atoms with Crippen molar-refractivity contribution < 1.29 is 35.9 Å². The van der Waals surface area contributed by atoms with Gasteiger partial charge in [0, 0.05) is 7.05 Å². The highest BCUT2D eigenvalue weighted by atomic mass is 32.2. The number of amides is 2. The first kappa shape index (κ1) is 19.7. The van der Waals surface area contributed by atoms with Crippen LogP contribution < -0.4 is 20.1 Å². The Bertz CT molecular complexity index is 689. The fraction of sp³-hybridized carbons (Fsp3) is 0.333. The Morgan fingerprint density at radius 2 is 1.67 bits per heavy atom. The summed E-state index contributed by atoms with van der Waals surface area (Å²) in [5.41, 5.74) is 0. The molecule has 1 aromatic rings. The number of halogens is 3. The molecule has 0 aliphatic heterocycles. The van der Waals surface area contributed by atoms with Crippen LogP contribution in [0.1, 0.15) is 0 Å². The summed E-state index contributed by atoms with van der Waals surface area (Å²) >= 11 is 0. The molecule has 1 rings (SSSR count). The lowest BCUT2D eigenvalue weighted by Crippen LogP contribution is -2.41. The average Bonchev–Trinajstić information content (AvgIpc) is 2.49. The molecule has 24 heavy (non-hydrogen) atoms. The molecule has 0 unspecified atom stereocenters. The Kier molecular flexibility index (Phi) is 6.54. The van der Waals surface area contributed by atoms with Crippen LogP contribution in [-0.2, 0) is 19.6 Å². The molecule has 0 aliphatic carbocycles. The molecule has 1 aromatic carbocycles. The van der Waals surface area contributed by atoms with Gasteiger partial charge in [0.1, 0.15) is 5.75 Å². The van der Waals surface area contributed by atoms with E-state index in [2.05, 4.69) is 15.4 Å². The van der Waals surface area contributed by atoms with Gasteiger partial charge < -0.3 is 15.4 Å². The Morgan fingerprint density at radius 3 is 2.17 bits per heavy atom. The SMILES string of the molecule is CNC(=O)CNC(=O)CNS(=O)(=O)c1ccc(OC(F)(F)F)cc1. The third-order valence-corrected chi connectivity index (χ3v) is 3.93. The van der Waals surface area contributed by atoms with Crippen molar-refractivity contribution in [3.63, 3.8) is 0 Å². The van der Waals surface area contributed by atoms with Crippen molar-refractivity contribution in [1.29, 1.82) is 0 Å². The summed E-state index contributed by atoms with van der Waals surface area (Å²) in [4.78, 5) is 22.0. The summed E-state index contributed by atoms with van der Waals surface area (Å²) in [6.07, 6.45) is -4.89. The second kappa shape index (κ2) is 7.97. The number of likely N-dealkylation sites (N-methyl/N-ethyl adjacent to an activating group) is 1. The first-order chi connectivity index (χ1) is 11.0. The number of hydrogen-bond donors (Lipinski definition) is 3. The van der Waals surface area contributed by atoms with Crippen molar-refractivity contribution in [2.45, 2.75) is 11.3 Å². The van der Waals surface area contributed by atoms with E-state index in [0.29, 0.717) is 0 Å². The van der Waals surface area contributed by atoms with Crippen molar-refractivity contribution in [1.82, 2.24) is 15.4 Å². The van der Waals surface area contributed by atoms with E-state index in [9.17, 15) is 31.2 Å². The number of rotatable bonds is 7. The lowest BCUT2D eigenvalue weighted by molar-refractivity contribution is -0.274. The van der Waals surface area contributed by atoms with Gasteiger partial charge in [0.05, 0.1) is 18.0 Å². The monoisotopic (exact) mass is 369 g/mol. The lowest BCUT2D eigenvalue weighted by atomic mass is 10.3. The number of nitrogens with one attached hydrogen (secondary N) is 3. The zero-order valence-corrected chi connectivity index (χ0v) is 13.1. The van der Waals surface area contributed by atoms with Gasteiger partial charge in [-0.25, -0.2) is 13.1 Å². The predicted molar refractivity (Wildman–Crippen MR) is 75.4 cm³/mol. The third kappa shape index (κ3) is 6.83. The summed E-state index contributed by atoms with van der Waals surface area (Å²) in [5, 5.41) is 4.42. The Labute approximate surface area is 135 Å². The van der Waals surface area contributed by atoms with E-state index in [4.69, 9.17) is 0 Å². The zero-order valence-electron chi connectivity index (χ0n) is 12.3. The van der Waals surface area contributed by atoms with Crippen LogP contribution in [0.15, 0.2) is 29.2 Å². The molecule has 0 bridgehead atoms. The highest BCUT2D eigenvalue weighted by Gasteiger charge is 2.31. The second-order valence-electron chi connectivity index (χ2n) is 4.29. The first-order valence-electron chi connectivity index (χ1n) is 6.36. The van der Waals surface area contributed by atoms with Crippen LogP contribution in [0.4, 0.5) is 13.2 Å². The molecular weight excluding hydrogens is 355 g/mol. The van der Waals surface area contributed by atoms with Crippen molar-refractivity contribution in [2.75, 3.05) is 20.1 Å².